The minimum Gasteiger partial charge on any atom is -0.208 e. The lowest BCUT2D eigenvalue weighted by Crippen LogP contribution is -2.49. The van der Waals surface area contributed by atoms with Crippen LogP contribution >= 0.6 is 11.3 Å². The zero-order chi connectivity index (χ0) is 47.9. The molecule has 0 radical (unpaired) electrons. The molecule has 3 aliphatic rings. The van der Waals surface area contributed by atoms with Gasteiger partial charge in [-0.15, -0.1) is 11.3 Å². The molecule has 5 atom stereocenters. The highest BCUT2D eigenvalue weighted by Gasteiger charge is 2.56. The first kappa shape index (κ1) is 42.8. The van der Waals surface area contributed by atoms with Gasteiger partial charge in [0.15, 0.2) is 34.9 Å². The van der Waals surface area contributed by atoms with Gasteiger partial charge in [-0.05, 0) is 95.4 Å². The summed E-state index contributed by atoms with van der Waals surface area (Å²) < 4.78 is 2.33. The summed E-state index contributed by atoms with van der Waals surface area (Å²) in [6.07, 6.45) is 5.14. The standard InChI is InChI=1S/C65H50N6S/c1-39-34-41-36-40(2)65(47(35-39)37-41)53-28-16-15-26-48(53)49-31-30-46(38-54(49)65)56-52(64-70-61(44-22-11-5-12-23-44)67-62(71-64)45-24-13-6-14-25-45)33-32-50-57-51(27-17-29-55(57)72-58(50)56)63-68-59(42-18-7-3-8-19-42)66-60(69-63)43-20-9-4-10-21-43/h3-33,38-41,47H,34-37H2,1-2H3. The highest BCUT2D eigenvalue weighted by atomic mass is 32.1. The van der Waals surface area contributed by atoms with Gasteiger partial charge >= 0.3 is 0 Å². The zero-order valence-electron chi connectivity index (χ0n) is 40.2. The Morgan fingerprint density at radius 3 is 1.50 bits per heavy atom. The molecule has 11 aromatic rings. The Hall–Kier alpha value is -8.00. The molecule has 3 aliphatic carbocycles. The summed E-state index contributed by atoms with van der Waals surface area (Å²) in [5, 5.41) is 2.26. The summed E-state index contributed by atoms with van der Waals surface area (Å²) in [6, 6.07) is 68.9. The molecule has 346 valence electrons. The van der Waals surface area contributed by atoms with Crippen LogP contribution in [-0.4, -0.2) is 29.9 Å². The molecule has 3 heterocycles. The fourth-order valence-corrected chi connectivity index (χ4v) is 14.6. The van der Waals surface area contributed by atoms with Gasteiger partial charge in [-0.2, -0.15) is 0 Å². The zero-order valence-corrected chi connectivity index (χ0v) is 41.0. The first-order valence-electron chi connectivity index (χ1n) is 25.5. The van der Waals surface area contributed by atoms with Gasteiger partial charge < -0.3 is 0 Å². The van der Waals surface area contributed by atoms with Crippen molar-refractivity contribution in [3.05, 3.63) is 205 Å². The summed E-state index contributed by atoms with van der Waals surface area (Å²) >= 11 is 1.82. The van der Waals surface area contributed by atoms with Crippen LogP contribution in [0.3, 0.4) is 0 Å². The molecule has 2 fully saturated rings. The Balaban J connectivity index is 1.05. The number of fused-ring (bicyclic) bond motifs is 11. The first-order valence-corrected chi connectivity index (χ1v) is 26.3. The van der Waals surface area contributed by atoms with Crippen molar-refractivity contribution in [2.75, 3.05) is 0 Å². The number of hydrogen-bond acceptors (Lipinski definition) is 7. The summed E-state index contributed by atoms with van der Waals surface area (Å²) in [5.41, 5.74) is 13.7. The molecule has 8 aromatic carbocycles. The minimum absolute atomic E-state index is 0.0752. The fourth-order valence-electron chi connectivity index (χ4n) is 13.3. The van der Waals surface area contributed by atoms with Crippen LogP contribution in [0.25, 0.3) is 111 Å². The van der Waals surface area contributed by atoms with Crippen molar-refractivity contribution in [3.8, 4) is 90.6 Å². The van der Waals surface area contributed by atoms with Crippen molar-refractivity contribution in [2.45, 2.75) is 44.9 Å². The van der Waals surface area contributed by atoms with Crippen LogP contribution in [0, 0.1) is 23.7 Å². The van der Waals surface area contributed by atoms with Crippen molar-refractivity contribution in [1.82, 2.24) is 29.9 Å². The van der Waals surface area contributed by atoms with Gasteiger partial charge in [-0.25, -0.2) is 29.9 Å². The van der Waals surface area contributed by atoms with E-state index < -0.39 is 0 Å². The molecule has 0 aliphatic heterocycles. The topological polar surface area (TPSA) is 77.3 Å². The number of thiophene rings is 1. The van der Waals surface area contributed by atoms with E-state index in [1.54, 1.807) is 0 Å². The predicted molar refractivity (Wildman–Crippen MR) is 294 cm³/mol. The SMILES string of the molecule is CC1CC2CC(C)C3(c4ccccc4-c4ccc(-c5c(-c6nc(-c7ccccc7)nc(-c7ccccc7)n6)ccc6c5sc5cccc(-c7nc(-c8ccccc8)nc(-c8ccccc8)n7)c56)cc43)C(C1)C2. The van der Waals surface area contributed by atoms with Gasteiger partial charge in [-0.1, -0.05) is 190 Å². The Morgan fingerprint density at radius 1 is 0.403 bits per heavy atom. The molecular formula is C65H50N6S. The molecule has 3 aromatic heterocycles. The van der Waals surface area contributed by atoms with Crippen LogP contribution in [0.15, 0.2) is 194 Å². The molecule has 0 N–H and O–H groups in total. The van der Waals surface area contributed by atoms with Crippen LogP contribution < -0.4 is 0 Å². The average molecular weight is 947 g/mol. The third-order valence-corrected chi connectivity index (χ3v) is 17.3. The first-order chi connectivity index (χ1) is 35.5. The van der Waals surface area contributed by atoms with Gasteiger partial charge in [0, 0.05) is 64.5 Å². The largest absolute Gasteiger partial charge is 0.208 e. The number of hydrogen-bond donors (Lipinski definition) is 0. The molecule has 14 rings (SSSR count). The summed E-state index contributed by atoms with van der Waals surface area (Å²) in [6.45, 7) is 5.05. The molecule has 2 saturated carbocycles. The second kappa shape index (κ2) is 17.1. The van der Waals surface area contributed by atoms with E-state index in [9.17, 15) is 0 Å². The third kappa shape index (κ3) is 6.89. The highest BCUT2D eigenvalue weighted by Crippen LogP contribution is 2.65. The second-order valence-corrected chi connectivity index (χ2v) is 21.5. The molecule has 7 heteroatoms. The van der Waals surface area contributed by atoms with Crippen LogP contribution in [0.5, 0.6) is 0 Å². The maximum atomic E-state index is 5.39. The van der Waals surface area contributed by atoms with Gasteiger partial charge in [0.2, 0.25) is 0 Å². The molecule has 6 nitrogen and oxygen atoms in total. The number of aromatic nitrogens is 6. The van der Waals surface area contributed by atoms with Crippen molar-refractivity contribution >= 4 is 31.5 Å². The number of nitrogens with zero attached hydrogens (tertiary/aromatic N) is 6. The van der Waals surface area contributed by atoms with Crippen molar-refractivity contribution in [1.29, 1.82) is 0 Å². The monoisotopic (exact) mass is 946 g/mol. The molecule has 0 saturated heterocycles. The van der Waals surface area contributed by atoms with Crippen LogP contribution in [0.1, 0.15) is 50.7 Å². The lowest BCUT2D eigenvalue weighted by molar-refractivity contribution is 0.0426. The Labute approximate surface area is 423 Å². The van der Waals surface area contributed by atoms with Crippen LogP contribution in [0.4, 0.5) is 0 Å². The number of benzene rings is 8. The molecular weight excluding hydrogens is 897 g/mol. The van der Waals surface area contributed by atoms with Crippen LogP contribution in [-0.2, 0) is 5.41 Å². The van der Waals surface area contributed by atoms with Crippen molar-refractivity contribution in [2.24, 2.45) is 23.7 Å². The smallest absolute Gasteiger partial charge is 0.164 e. The van der Waals surface area contributed by atoms with Crippen molar-refractivity contribution < 1.29 is 0 Å². The Bertz CT molecular complexity index is 3760. The third-order valence-electron chi connectivity index (χ3n) is 16.1. The van der Waals surface area contributed by atoms with E-state index in [2.05, 4.69) is 135 Å². The predicted octanol–water partition coefficient (Wildman–Crippen LogP) is 16.5. The second-order valence-electron chi connectivity index (χ2n) is 20.4. The van der Waals surface area contributed by atoms with Gasteiger partial charge in [0.05, 0.1) is 0 Å². The lowest BCUT2D eigenvalue weighted by Gasteiger charge is -2.54. The minimum atomic E-state index is -0.0752. The normalized spacial score (nSPS) is 19.9. The summed E-state index contributed by atoms with van der Waals surface area (Å²) in [4.78, 5) is 31.5. The van der Waals surface area contributed by atoms with E-state index in [-0.39, 0.29) is 5.41 Å². The van der Waals surface area contributed by atoms with E-state index in [4.69, 9.17) is 29.9 Å². The van der Waals surface area contributed by atoms with E-state index in [1.165, 1.54) is 58.2 Å². The molecule has 72 heavy (non-hydrogen) atoms. The van der Waals surface area contributed by atoms with E-state index >= 15 is 0 Å². The maximum absolute atomic E-state index is 5.39. The average Bonchev–Trinajstić information content (AvgIpc) is 3.97. The Kier molecular flexibility index (Phi) is 10.2. The summed E-state index contributed by atoms with van der Waals surface area (Å²) in [5.74, 6) is 6.41. The van der Waals surface area contributed by atoms with E-state index in [0.717, 1.165) is 60.3 Å². The molecule has 1 spiro atoms. The van der Waals surface area contributed by atoms with Crippen LogP contribution in [0.2, 0.25) is 0 Å². The van der Waals surface area contributed by atoms with E-state index in [1.807, 2.05) is 84.1 Å². The maximum Gasteiger partial charge on any atom is 0.164 e. The number of rotatable bonds is 7. The van der Waals surface area contributed by atoms with Gasteiger partial charge in [-0.3, -0.25) is 0 Å². The summed E-state index contributed by atoms with van der Waals surface area (Å²) in [7, 11) is 0. The molecule has 2 bridgehead atoms. The molecule has 0 amide bonds. The van der Waals surface area contributed by atoms with Crippen molar-refractivity contribution in [3.63, 3.8) is 0 Å². The van der Waals surface area contributed by atoms with Gasteiger partial charge in [0.25, 0.3) is 0 Å². The highest BCUT2D eigenvalue weighted by molar-refractivity contribution is 7.26. The quantitative estimate of drug-likeness (QED) is 0.158. The molecule has 5 unspecified atom stereocenters. The van der Waals surface area contributed by atoms with E-state index in [0.29, 0.717) is 52.7 Å². The fraction of sp³-hybridized carbons (Fsp3) is 0.169. The lowest BCUT2D eigenvalue weighted by atomic mass is 9.49. The Morgan fingerprint density at radius 2 is 0.903 bits per heavy atom. The van der Waals surface area contributed by atoms with Gasteiger partial charge in [0.1, 0.15) is 0 Å².